The summed E-state index contributed by atoms with van der Waals surface area (Å²) in [4.78, 5) is 43.5. The highest BCUT2D eigenvalue weighted by Crippen LogP contribution is 2.34. The molecule has 40 heavy (non-hydrogen) atoms. The maximum Gasteiger partial charge on any atom is 0.490 e. The van der Waals surface area contributed by atoms with Crippen LogP contribution in [0, 0.1) is 0 Å². The number of likely N-dealkylation sites (tertiary alicyclic amines) is 1. The van der Waals surface area contributed by atoms with Gasteiger partial charge < -0.3 is 25.4 Å². The molecular weight excluding hydrogens is 577 g/mol. The monoisotopic (exact) mass is 601 g/mol. The van der Waals surface area contributed by atoms with Crippen LogP contribution in [0.2, 0.25) is 0 Å². The fraction of sp³-hybridized carbons (Fsp3) is 0.650. The molecule has 0 saturated carbocycles. The Hall–Kier alpha value is -3.58. The van der Waals surface area contributed by atoms with E-state index in [0.717, 1.165) is 32.0 Å². The van der Waals surface area contributed by atoms with Gasteiger partial charge in [-0.15, -0.1) is 0 Å². The number of piperidine rings is 1. The Kier molecular flexibility index (Phi) is 11.8. The summed E-state index contributed by atoms with van der Waals surface area (Å²) >= 11 is 0. The number of imidazole rings is 1. The molecule has 3 heterocycles. The number of amides is 1. The number of hydrogen-bond acceptors (Lipinski definition) is 7. The molecule has 0 bridgehead atoms. The maximum atomic E-state index is 12.7. The van der Waals surface area contributed by atoms with Gasteiger partial charge in [-0.3, -0.25) is 9.69 Å². The number of carboxylic acids is 2. The highest BCUT2D eigenvalue weighted by molar-refractivity contribution is 6.39. The summed E-state index contributed by atoms with van der Waals surface area (Å²) in [6.45, 7) is 4.02. The van der Waals surface area contributed by atoms with Crippen molar-refractivity contribution in [2.45, 2.75) is 63.3 Å². The van der Waals surface area contributed by atoms with E-state index in [-0.39, 0.29) is 18.3 Å². The third kappa shape index (κ3) is 11.3. The zero-order valence-corrected chi connectivity index (χ0v) is 20.5. The zero-order chi connectivity index (χ0) is 30.9. The summed E-state index contributed by atoms with van der Waals surface area (Å²) in [7, 11) is 0. The Morgan fingerprint density at radius 1 is 1.07 bits per heavy atom. The molecule has 1 fully saturated rings. The number of halogens is 9. The number of hydrogen-bond donors (Lipinski definition) is 4. The Morgan fingerprint density at radius 2 is 1.62 bits per heavy atom. The molecule has 1 spiro atoms. The van der Waals surface area contributed by atoms with Gasteiger partial charge in [0.1, 0.15) is 17.2 Å². The lowest BCUT2D eigenvalue weighted by molar-refractivity contribution is -0.193. The molecule has 1 atom stereocenters. The first-order chi connectivity index (χ1) is 18.2. The number of carboxylic acid groups (broad SMARTS) is 2. The standard InChI is InChI=1S/C16H22F3N5O2.2C2HF3O2/c1-2-5-20-14(25)11-7-15(26-23-11)4-3-6-24(10-15)9-13-21-8-12(22-13)16(17,18)19;2*3-2(4,5)1(6)7/h8H,2-7,9-10H2,1H3,(H,20,25)(H,21,22);2*(H,6,7). The summed E-state index contributed by atoms with van der Waals surface area (Å²) in [5.74, 6) is -5.48. The number of aliphatic carboxylic acids is 2. The van der Waals surface area contributed by atoms with Crippen LogP contribution in [0.25, 0.3) is 0 Å². The highest BCUT2D eigenvalue weighted by atomic mass is 19.4. The predicted molar refractivity (Wildman–Crippen MR) is 115 cm³/mol. The normalized spacial score (nSPS) is 19.4. The van der Waals surface area contributed by atoms with Gasteiger partial charge in [0.05, 0.1) is 12.7 Å². The van der Waals surface area contributed by atoms with Gasteiger partial charge in [-0.05, 0) is 25.8 Å². The van der Waals surface area contributed by atoms with Crippen molar-refractivity contribution in [2.75, 3.05) is 19.6 Å². The van der Waals surface area contributed by atoms with Crippen molar-refractivity contribution < 1.29 is 68.9 Å². The lowest BCUT2D eigenvalue weighted by Crippen LogP contribution is -2.48. The number of alkyl halides is 9. The molecule has 20 heteroatoms. The number of nitrogens with zero attached hydrogens (tertiary/aromatic N) is 3. The molecule has 1 aromatic rings. The predicted octanol–water partition coefficient (Wildman–Crippen LogP) is 3.33. The van der Waals surface area contributed by atoms with Crippen LogP contribution in [0.5, 0.6) is 0 Å². The van der Waals surface area contributed by atoms with E-state index >= 15 is 0 Å². The fourth-order valence-corrected chi connectivity index (χ4v) is 3.33. The first-order valence-corrected chi connectivity index (χ1v) is 11.2. The fourth-order valence-electron chi connectivity index (χ4n) is 3.33. The largest absolute Gasteiger partial charge is 0.490 e. The van der Waals surface area contributed by atoms with Gasteiger partial charge in [-0.1, -0.05) is 12.1 Å². The van der Waals surface area contributed by atoms with Gasteiger partial charge in [0, 0.05) is 19.5 Å². The van der Waals surface area contributed by atoms with Gasteiger partial charge in [0.2, 0.25) is 0 Å². The SMILES string of the molecule is CCCNC(=O)C1=NOC2(CCCN(Cc3ncc(C(F)(F)F)[nH]3)C2)C1.O=C(O)C(F)(F)F.O=C(O)C(F)(F)F. The number of nitrogens with one attached hydrogen (secondary N) is 2. The second kappa shape index (κ2) is 13.7. The lowest BCUT2D eigenvalue weighted by Gasteiger charge is -2.37. The van der Waals surface area contributed by atoms with Crippen molar-refractivity contribution in [3.05, 3.63) is 17.7 Å². The summed E-state index contributed by atoms with van der Waals surface area (Å²) in [5, 5.41) is 21.0. The second-order valence-corrected chi connectivity index (χ2v) is 8.41. The zero-order valence-electron chi connectivity index (χ0n) is 20.5. The van der Waals surface area contributed by atoms with Crippen LogP contribution in [0.4, 0.5) is 39.5 Å². The Balaban J connectivity index is 0.000000473. The highest BCUT2D eigenvalue weighted by Gasteiger charge is 2.45. The smallest absolute Gasteiger partial charge is 0.475 e. The minimum atomic E-state index is -5.08. The van der Waals surface area contributed by atoms with E-state index in [9.17, 15) is 44.3 Å². The number of oxime groups is 1. The molecule has 1 saturated heterocycles. The van der Waals surface area contributed by atoms with Crippen molar-refractivity contribution in [3.8, 4) is 0 Å². The van der Waals surface area contributed by atoms with Crippen molar-refractivity contribution in [3.63, 3.8) is 0 Å². The van der Waals surface area contributed by atoms with Gasteiger partial charge >= 0.3 is 30.5 Å². The Bertz CT molecular complexity index is 1030. The van der Waals surface area contributed by atoms with Crippen LogP contribution >= 0.6 is 0 Å². The summed E-state index contributed by atoms with van der Waals surface area (Å²) in [6.07, 6.45) is -11.0. The lowest BCUT2D eigenvalue weighted by atomic mass is 9.88. The van der Waals surface area contributed by atoms with Crippen LogP contribution in [-0.4, -0.2) is 86.2 Å². The average molecular weight is 601 g/mol. The molecule has 1 unspecified atom stereocenters. The number of aromatic nitrogens is 2. The maximum absolute atomic E-state index is 12.7. The van der Waals surface area contributed by atoms with E-state index < -0.39 is 41.8 Å². The van der Waals surface area contributed by atoms with Crippen LogP contribution in [-0.2, 0) is 31.9 Å². The molecule has 0 aliphatic carbocycles. The number of H-pyrrole nitrogens is 1. The van der Waals surface area contributed by atoms with Gasteiger partial charge in [-0.2, -0.15) is 39.5 Å². The molecule has 2 aliphatic rings. The number of carbonyl (C=O) groups excluding carboxylic acids is 1. The van der Waals surface area contributed by atoms with E-state index in [2.05, 4.69) is 20.4 Å². The quantitative estimate of drug-likeness (QED) is 0.375. The molecule has 4 N–H and O–H groups in total. The first kappa shape index (κ1) is 34.4. The van der Waals surface area contributed by atoms with Gasteiger partial charge in [-0.25, -0.2) is 14.6 Å². The van der Waals surface area contributed by atoms with Crippen molar-refractivity contribution in [1.82, 2.24) is 20.2 Å². The average Bonchev–Trinajstić information content (AvgIpc) is 3.45. The van der Waals surface area contributed by atoms with E-state index in [0.29, 0.717) is 25.2 Å². The van der Waals surface area contributed by atoms with Gasteiger partial charge in [0.25, 0.3) is 5.91 Å². The van der Waals surface area contributed by atoms with Crippen molar-refractivity contribution in [1.29, 1.82) is 0 Å². The molecule has 3 rings (SSSR count). The summed E-state index contributed by atoms with van der Waals surface area (Å²) in [6, 6.07) is 0. The topological polar surface area (TPSA) is 157 Å². The molecule has 0 aromatic carbocycles. The van der Waals surface area contributed by atoms with E-state index in [4.69, 9.17) is 24.6 Å². The summed E-state index contributed by atoms with van der Waals surface area (Å²) < 4.78 is 101. The number of aromatic amines is 1. The van der Waals surface area contributed by atoms with Crippen LogP contribution in [0.1, 0.15) is 44.1 Å². The Labute approximate surface area is 219 Å². The van der Waals surface area contributed by atoms with E-state index in [1.807, 2.05) is 11.8 Å². The molecule has 1 amide bonds. The number of rotatable bonds is 5. The molecular formula is C20H24F9N5O6. The van der Waals surface area contributed by atoms with Crippen LogP contribution < -0.4 is 5.32 Å². The Morgan fingerprint density at radius 3 is 2.08 bits per heavy atom. The summed E-state index contributed by atoms with van der Waals surface area (Å²) in [5.41, 5.74) is -1.07. The molecule has 11 nitrogen and oxygen atoms in total. The third-order valence-electron chi connectivity index (χ3n) is 5.05. The van der Waals surface area contributed by atoms with Crippen molar-refractivity contribution in [2.24, 2.45) is 5.16 Å². The van der Waals surface area contributed by atoms with Crippen LogP contribution in [0.3, 0.4) is 0 Å². The second-order valence-electron chi connectivity index (χ2n) is 8.41. The molecule has 0 radical (unpaired) electrons. The van der Waals surface area contributed by atoms with Crippen molar-refractivity contribution >= 4 is 23.6 Å². The van der Waals surface area contributed by atoms with Crippen LogP contribution in [0.15, 0.2) is 11.4 Å². The molecule has 228 valence electrons. The number of carbonyl (C=O) groups is 3. The third-order valence-corrected chi connectivity index (χ3v) is 5.05. The first-order valence-electron chi connectivity index (χ1n) is 11.2. The molecule has 1 aromatic heterocycles. The minimum Gasteiger partial charge on any atom is -0.475 e. The molecule has 2 aliphatic heterocycles. The van der Waals surface area contributed by atoms with Gasteiger partial charge in [0.15, 0.2) is 5.60 Å². The van der Waals surface area contributed by atoms with E-state index in [1.165, 1.54) is 0 Å². The van der Waals surface area contributed by atoms with E-state index in [1.54, 1.807) is 0 Å². The minimum absolute atomic E-state index is 0.221.